The van der Waals surface area contributed by atoms with Gasteiger partial charge in [-0.15, -0.1) is 5.26 Å². The summed E-state index contributed by atoms with van der Waals surface area (Å²) >= 11 is 0. The van der Waals surface area contributed by atoms with Crippen molar-refractivity contribution < 1.29 is 4.74 Å². The molecule has 0 spiro atoms. The predicted octanol–water partition coefficient (Wildman–Crippen LogP) is 3.67. The van der Waals surface area contributed by atoms with Gasteiger partial charge < -0.3 is 4.74 Å². The molecule has 1 aromatic carbocycles. The maximum Gasteiger partial charge on any atom is 0.292 e. The lowest BCUT2D eigenvalue weighted by Crippen LogP contribution is -2.09. The van der Waals surface area contributed by atoms with Crippen molar-refractivity contribution in [2.45, 2.75) is 38.5 Å². The fourth-order valence-corrected chi connectivity index (χ4v) is 2.47. The summed E-state index contributed by atoms with van der Waals surface area (Å²) in [6.07, 6.45) is 9.79. The second kappa shape index (κ2) is 5.55. The van der Waals surface area contributed by atoms with Gasteiger partial charge in [-0.1, -0.05) is 44.2 Å². The van der Waals surface area contributed by atoms with Gasteiger partial charge in [0, 0.05) is 0 Å². The molecule has 1 aliphatic carbocycles. The van der Waals surface area contributed by atoms with Crippen LogP contribution >= 0.6 is 0 Å². The minimum absolute atomic E-state index is 0.634. The first kappa shape index (κ1) is 11.0. The first-order valence-electron chi connectivity index (χ1n) is 6.03. The SMILES string of the molecule is N#COc1ccc(CC2CCCCC2)cc1. The van der Waals surface area contributed by atoms with Crippen LogP contribution < -0.4 is 4.74 Å². The van der Waals surface area contributed by atoms with Crippen LogP contribution in [0.25, 0.3) is 0 Å². The quantitative estimate of drug-likeness (QED) is 0.721. The molecule has 16 heavy (non-hydrogen) atoms. The van der Waals surface area contributed by atoms with Crippen LogP contribution in [0.1, 0.15) is 37.7 Å². The number of ether oxygens (including phenoxy) is 1. The van der Waals surface area contributed by atoms with Gasteiger partial charge in [0.05, 0.1) is 0 Å². The highest BCUT2D eigenvalue weighted by molar-refractivity contribution is 5.28. The number of hydrogen-bond acceptors (Lipinski definition) is 2. The summed E-state index contributed by atoms with van der Waals surface area (Å²) in [6, 6.07) is 7.89. The Morgan fingerprint density at radius 1 is 1.12 bits per heavy atom. The maximum atomic E-state index is 8.38. The first-order chi connectivity index (χ1) is 7.88. The minimum atomic E-state index is 0.634. The third-order valence-corrected chi connectivity index (χ3v) is 3.34. The summed E-state index contributed by atoms with van der Waals surface area (Å²) in [5.74, 6) is 1.49. The molecule has 2 rings (SSSR count). The molecule has 0 N–H and O–H groups in total. The van der Waals surface area contributed by atoms with Gasteiger partial charge in [0.15, 0.2) is 0 Å². The van der Waals surface area contributed by atoms with Gasteiger partial charge in [-0.25, -0.2) is 0 Å². The Morgan fingerprint density at radius 3 is 2.44 bits per heavy atom. The Bertz CT molecular complexity index is 357. The molecule has 0 bridgehead atoms. The molecule has 2 nitrogen and oxygen atoms in total. The molecule has 0 unspecified atom stereocenters. The van der Waals surface area contributed by atoms with Crippen molar-refractivity contribution in [3.8, 4) is 12.0 Å². The number of benzene rings is 1. The molecule has 0 saturated heterocycles. The van der Waals surface area contributed by atoms with E-state index in [1.54, 1.807) is 6.26 Å². The maximum absolute atomic E-state index is 8.38. The van der Waals surface area contributed by atoms with Gasteiger partial charge in [0.1, 0.15) is 5.75 Å². The zero-order valence-electron chi connectivity index (χ0n) is 9.48. The lowest BCUT2D eigenvalue weighted by molar-refractivity contribution is 0.356. The summed E-state index contributed by atoms with van der Waals surface area (Å²) in [5, 5.41) is 8.38. The van der Waals surface area contributed by atoms with E-state index in [1.165, 1.54) is 44.1 Å². The zero-order chi connectivity index (χ0) is 11.2. The van der Waals surface area contributed by atoms with Crippen LogP contribution in [0.2, 0.25) is 0 Å². The smallest absolute Gasteiger partial charge is 0.292 e. The van der Waals surface area contributed by atoms with E-state index in [0.29, 0.717) is 5.75 Å². The Balaban J connectivity index is 1.91. The van der Waals surface area contributed by atoms with Crippen molar-refractivity contribution >= 4 is 0 Å². The van der Waals surface area contributed by atoms with Crippen molar-refractivity contribution in [3.05, 3.63) is 29.8 Å². The van der Waals surface area contributed by atoms with Crippen LogP contribution in [0.4, 0.5) is 0 Å². The van der Waals surface area contributed by atoms with Crippen molar-refractivity contribution in [1.29, 1.82) is 5.26 Å². The highest BCUT2D eigenvalue weighted by Gasteiger charge is 2.13. The van der Waals surface area contributed by atoms with E-state index in [-0.39, 0.29) is 0 Å². The molecule has 0 amide bonds. The van der Waals surface area contributed by atoms with Gasteiger partial charge in [0.25, 0.3) is 6.26 Å². The molecule has 0 aliphatic heterocycles. The third kappa shape index (κ3) is 3.00. The monoisotopic (exact) mass is 215 g/mol. The molecule has 1 aliphatic rings. The number of nitrogens with zero attached hydrogens (tertiary/aromatic N) is 1. The zero-order valence-corrected chi connectivity index (χ0v) is 9.48. The lowest BCUT2D eigenvalue weighted by Gasteiger charge is -2.21. The average molecular weight is 215 g/mol. The van der Waals surface area contributed by atoms with Gasteiger partial charge in [0.2, 0.25) is 0 Å². The number of nitriles is 1. The van der Waals surface area contributed by atoms with E-state index in [0.717, 1.165) is 5.92 Å². The van der Waals surface area contributed by atoms with Crippen molar-refractivity contribution in [3.63, 3.8) is 0 Å². The molecule has 1 aromatic rings. The Hall–Kier alpha value is -1.49. The van der Waals surface area contributed by atoms with E-state index in [1.807, 2.05) is 12.1 Å². The predicted molar refractivity (Wildman–Crippen MR) is 63.0 cm³/mol. The fraction of sp³-hybridized carbons (Fsp3) is 0.500. The molecule has 0 radical (unpaired) electrons. The molecule has 0 atom stereocenters. The third-order valence-electron chi connectivity index (χ3n) is 3.34. The second-order valence-corrected chi connectivity index (χ2v) is 4.55. The van der Waals surface area contributed by atoms with Gasteiger partial charge in [-0.2, -0.15) is 0 Å². The number of hydrogen-bond donors (Lipinski definition) is 0. The normalized spacial score (nSPS) is 16.7. The molecule has 2 heteroatoms. The summed E-state index contributed by atoms with van der Waals surface area (Å²) in [5.41, 5.74) is 1.36. The lowest BCUT2D eigenvalue weighted by atomic mass is 9.85. The van der Waals surface area contributed by atoms with Crippen molar-refractivity contribution in [2.24, 2.45) is 5.92 Å². The molecular weight excluding hydrogens is 198 g/mol. The minimum Gasteiger partial charge on any atom is -0.388 e. The molecule has 0 heterocycles. The Morgan fingerprint density at radius 2 is 1.81 bits per heavy atom. The van der Waals surface area contributed by atoms with Crippen LogP contribution in [0, 0.1) is 17.4 Å². The average Bonchev–Trinajstić information content (AvgIpc) is 2.33. The molecule has 1 fully saturated rings. The van der Waals surface area contributed by atoms with E-state index < -0.39 is 0 Å². The van der Waals surface area contributed by atoms with E-state index in [2.05, 4.69) is 12.1 Å². The Labute approximate surface area is 96.9 Å². The standard InChI is InChI=1S/C14H17NO/c15-11-16-14-8-6-13(7-9-14)10-12-4-2-1-3-5-12/h6-9,12H,1-5,10H2. The van der Waals surface area contributed by atoms with Crippen LogP contribution in [-0.4, -0.2) is 0 Å². The van der Waals surface area contributed by atoms with E-state index >= 15 is 0 Å². The van der Waals surface area contributed by atoms with E-state index in [9.17, 15) is 0 Å². The van der Waals surface area contributed by atoms with Gasteiger partial charge in [-0.05, 0) is 30.0 Å². The van der Waals surface area contributed by atoms with E-state index in [4.69, 9.17) is 10.00 Å². The highest BCUT2D eigenvalue weighted by Crippen LogP contribution is 2.27. The molecule has 84 valence electrons. The summed E-state index contributed by atoms with van der Waals surface area (Å²) in [7, 11) is 0. The van der Waals surface area contributed by atoms with Crippen LogP contribution in [0.5, 0.6) is 5.75 Å². The number of rotatable bonds is 3. The highest BCUT2D eigenvalue weighted by atomic mass is 16.5. The summed E-state index contributed by atoms with van der Waals surface area (Å²) in [6.45, 7) is 0. The van der Waals surface area contributed by atoms with Crippen molar-refractivity contribution in [1.82, 2.24) is 0 Å². The van der Waals surface area contributed by atoms with Gasteiger partial charge >= 0.3 is 0 Å². The van der Waals surface area contributed by atoms with Gasteiger partial charge in [-0.3, -0.25) is 0 Å². The first-order valence-corrected chi connectivity index (χ1v) is 6.03. The molecule has 0 aromatic heterocycles. The topological polar surface area (TPSA) is 33.0 Å². The summed E-state index contributed by atoms with van der Waals surface area (Å²) < 4.78 is 4.76. The molecule has 1 saturated carbocycles. The van der Waals surface area contributed by atoms with Crippen LogP contribution in [0.15, 0.2) is 24.3 Å². The fourth-order valence-electron chi connectivity index (χ4n) is 2.47. The Kier molecular flexibility index (Phi) is 3.82. The van der Waals surface area contributed by atoms with Crippen LogP contribution in [0.3, 0.4) is 0 Å². The second-order valence-electron chi connectivity index (χ2n) is 4.55. The van der Waals surface area contributed by atoms with Crippen molar-refractivity contribution in [2.75, 3.05) is 0 Å². The molecular formula is C14H17NO. The van der Waals surface area contributed by atoms with Crippen LogP contribution in [-0.2, 0) is 6.42 Å². The largest absolute Gasteiger partial charge is 0.388 e. The summed E-state index contributed by atoms with van der Waals surface area (Å²) in [4.78, 5) is 0.